The third kappa shape index (κ3) is 2.93. The van der Waals surface area contributed by atoms with E-state index in [4.69, 9.17) is 10.5 Å². The van der Waals surface area contributed by atoms with Crippen LogP contribution in [0.5, 0.6) is 5.75 Å². The molecular weight excluding hydrogens is 236 g/mol. The predicted octanol–water partition coefficient (Wildman–Crippen LogP) is 3.20. The monoisotopic (exact) mass is 256 g/mol. The van der Waals surface area contributed by atoms with E-state index >= 15 is 0 Å². The molecule has 0 amide bonds. The number of rotatable bonds is 4. The van der Waals surface area contributed by atoms with Gasteiger partial charge >= 0.3 is 0 Å². The average molecular weight is 256 g/mol. The number of methoxy groups -OCH3 is 1. The Balaban J connectivity index is 2.26. The van der Waals surface area contributed by atoms with Gasteiger partial charge in [-0.15, -0.1) is 0 Å². The standard InChI is InChI=1S/C16H20N2O/c1-11-7-8-13(10-15(11)19-3)16(17)12(2)14-6-4-5-9-18-14/h4-10,12,16H,17H2,1-3H3. The Hall–Kier alpha value is -1.87. The Morgan fingerprint density at radius 3 is 2.63 bits per heavy atom. The minimum absolute atomic E-state index is 0.0931. The Morgan fingerprint density at radius 2 is 2.00 bits per heavy atom. The predicted molar refractivity (Wildman–Crippen MR) is 77.3 cm³/mol. The van der Waals surface area contributed by atoms with E-state index in [0.29, 0.717) is 0 Å². The summed E-state index contributed by atoms with van der Waals surface area (Å²) in [6.07, 6.45) is 1.80. The van der Waals surface area contributed by atoms with Gasteiger partial charge in [0.2, 0.25) is 0 Å². The number of aromatic nitrogens is 1. The van der Waals surface area contributed by atoms with Crippen LogP contribution in [0.25, 0.3) is 0 Å². The number of aryl methyl sites for hydroxylation is 1. The van der Waals surface area contributed by atoms with E-state index in [1.807, 2.05) is 37.3 Å². The van der Waals surface area contributed by atoms with Gasteiger partial charge in [-0.3, -0.25) is 4.98 Å². The maximum Gasteiger partial charge on any atom is 0.122 e. The normalized spacial score (nSPS) is 13.9. The van der Waals surface area contributed by atoms with Gasteiger partial charge in [0, 0.05) is 23.9 Å². The molecule has 1 aromatic heterocycles. The highest BCUT2D eigenvalue weighted by atomic mass is 16.5. The van der Waals surface area contributed by atoms with Crippen molar-refractivity contribution in [3.05, 3.63) is 59.4 Å². The molecule has 0 saturated heterocycles. The van der Waals surface area contributed by atoms with Crippen LogP contribution >= 0.6 is 0 Å². The fraction of sp³-hybridized carbons (Fsp3) is 0.312. The van der Waals surface area contributed by atoms with Crippen molar-refractivity contribution >= 4 is 0 Å². The summed E-state index contributed by atoms with van der Waals surface area (Å²) in [5.41, 5.74) is 9.54. The molecule has 0 aliphatic carbocycles. The second-order valence-electron chi connectivity index (χ2n) is 4.80. The minimum Gasteiger partial charge on any atom is -0.496 e. The second kappa shape index (κ2) is 5.85. The second-order valence-corrected chi connectivity index (χ2v) is 4.80. The van der Waals surface area contributed by atoms with E-state index < -0.39 is 0 Å². The van der Waals surface area contributed by atoms with Gasteiger partial charge in [-0.25, -0.2) is 0 Å². The topological polar surface area (TPSA) is 48.1 Å². The fourth-order valence-electron chi connectivity index (χ4n) is 2.16. The first-order valence-electron chi connectivity index (χ1n) is 6.44. The molecule has 0 fully saturated rings. The number of pyridine rings is 1. The first-order valence-corrected chi connectivity index (χ1v) is 6.44. The highest BCUT2D eigenvalue weighted by molar-refractivity contribution is 5.38. The molecule has 2 unspecified atom stereocenters. The highest BCUT2D eigenvalue weighted by Gasteiger charge is 2.18. The molecule has 1 aromatic carbocycles. The molecular formula is C16H20N2O. The van der Waals surface area contributed by atoms with Crippen LogP contribution in [0.4, 0.5) is 0 Å². The number of ether oxygens (including phenoxy) is 1. The van der Waals surface area contributed by atoms with Gasteiger partial charge in [-0.05, 0) is 36.2 Å². The van der Waals surface area contributed by atoms with Crippen LogP contribution in [0.15, 0.2) is 42.6 Å². The molecule has 3 heteroatoms. The van der Waals surface area contributed by atoms with Gasteiger partial charge in [-0.1, -0.05) is 25.1 Å². The van der Waals surface area contributed by atoms with Gasteiger partial charge in [-0.2, -0.15) is 0 Å². The summed E-state index contributed by atoms with van der Waals surface area (Å²) in [4.78, 5) is 4.37. The van der Waals surface area contributed by atoms with Crippen molar-refractivity contribution in [3.8, 4) is 5.75 Å². The number of benzene rings is 1. The molecule has 2 rings (SSSR count). The molecule has 19 heavy (non-hydrogen) atoms. The highest BCUT2D eigenvalue weighted by Crippen LogP contribution is 2.30. The summed E-state index contributed by atoms with van der Waals surface area (Å²) >= 11 is 0. The molecule has 2 N–H and O–H groups in total. The summed E-state index contributed by atoms with van der Waals surface area (Å²) in [7, 11) is 1.68. The van der Waals surface area contributed by atoms with E-state index in [-0.39, 0.29) is 12.0 Å². The van der Waals surface area contributed by atoms with Crippen molar-refractivity contribution in [1.82, 2.24) is 4.98 Å². The van der Waals surface area contributed by atoms with Crippen molar-refractivity contribution in [2.24, 2.45) is 5.73 Å². The van der Waals surface area contributed by atoms with Gasteiger partial charge in [0.05, 0.1) is 7.11 Å². The number of hydrogen-bond acceptors (Lipinski definition) is 3. The van der Waals surface area contributed by atoms with Crippen LogP contribution in [-0.4, -0.2) is 12.1 Å². The average Bonchev–Trinajstić information content (AvgIpc) is 2.47. The van der Waals surface area contributed by atoms with E-state index in [1.54, 1.807) is 13.3 Å². The Labute approximate surface area is 114 Å². The van der Waals surface area contributed by atoms with Crippen molar-refractivity contribution in [3.63, 3.8) is 0 Å². The molecule has 0 aliphatic heterocycles. The molecule has 3 nitrogen and oxygen atoms in total. The summed E-state index contributed by atoms with van der Waals surface area (Å²) in [6, 6.07) is 11.9. The van der Waals surface area contributed by atoms with Gasteiger partial charge in [0.25, 0.3) is 0 Å². The first kappa shape index (κ1) is 13.6. The Bertz CT molecular complexity index is 540. The van der Waals surface area contributed by atoms with Crippen LogP contribution < -0.4 is 10.5 Å². The van der Waals surface area contributed by atoms with Crippen LogP contribution in [0.2, 0.25) is 0 Å². The van der Waals surface area contributed by atoms with Crippen LogP contribution in [0, 0.1) is 6.92 Å². The lowest BCUT2D eigenvalue weighted by atomic mass is 9.91. The lowest BCUT2D eigenvalue weighted by Crippen LogP contribution is -2.18. The molecule has 0 spiro atoms. The summed E-state index contributed by atoms with van der Waals surface area (Å²) in [5.74, 6) is 1.04. The minimum atomic E-state index is -0.0931. The van der Waals surface area contributed by atoms with Crippen LogP contribution in [0.1, 0.15) is 35.7 Å². The Kier molecular flexibility index (Phi) is 4.17. The maximum absolute atomic E-state index is 6.35. The SMILES string of the molecule is COc1cc(C(N)C(C)c2ccccn2)ccc1C. The quantitative estimate of drug-likeness (QED) is 0.913. The van der Waals surface area contributed by atoms with E-state index in [9.17, 15) is 0 Å². The molecule has 2 atom stereocenters. The van der Waals surface area contributed by atoms with Crippen LogP contribution in [0.3, 0.4) is 0 Å². The molecule has 1 heterocycles. The van der Waals surface area contributed by atoms with E-state index in [0.717, 1.165) is 22.6 Å². The molecule has 0 bridgehead atoms. The van der Waals surface area contributed by atoms with E-state index in [1.165, 1.54) is 0 Å². The van der Waals surface area contributed by atoms with Crippen molar-refractivity contribution < 1.29 is 4.74 Å². The van der Waals surface area contributed by atoms with Gasteiger partial charge in [0.1, 0.15) is 5.75 Å². The van der Waals surface area contributed by atoms with Gasteiger partial charge in [0.15, 0.2) is 0 Å². The third-order valence-electron chi connectivity index (χ3n) is 3.51. The number of nitrogens with zero attached hydrogens (tertiary/aromatic N) is 1. The van der Waals surface area contributed by atoms with Crippen molar-refractivity contribution in [2.75, 3.05) is 7.11 Å². The molecule has 2 aromatic rings. The van der Waals surface area contributed by atoms with Gasteiger partial charge < -0.3 is 10.5 Å². The molecule has 0 aliphatic rings. The zero-order valence-corrected chi connectivity index (χ0v) is 11.6. The maximum atomic E-state index is 6.35. The number of nitrogens with two attached hydrogens (primary N) is 1. The Morgan fingerprint density at radius 1 is 1.21 bits per heavy atom. The van der Waals surface area contributed by atoms with Crippen molar-refractivity contribution in [1.29, 1.82) is 0 Å². The zero-order chi connectivity index (χ0) is 13.8. The largest absolute Gasteiger partial charge is 0.496 e. The van der Waals surface area contributed by atoms with Crippen molar-refractivity contribution in [2.45, 2.75) is 25.8 Å². The first-order chi connectivity index (χ1) is 9.13. The molecule has 0 radical (unpaired) electrons. The smallest absolute Gasteiger partial charge is 0.122 e. The van der Waals surface area contributed by atoms with Crippen LogP contribution in [-0.2, 0) is 0 Å². The summed E-state index contributed by atoms with van der Waals surface area (Å²) in [5, 5.41) is 0. The third-order valence-corrected chi connectivity index (χ3v) is 3.51. The summed E-state index contributed by atoms with van der Waals surface area (Å²) in [6.45, 7) is 4.12. The number of hydrogen-bond donors (Lipinski definition) is 1. The van der Waals surface area contributed by atoms with E-state index in [2.05, 4.69) is 18.0 Å². The fourth-order valence-corrected chi connectivity index (χ4v) is 2.16. The molecule has 100 valence electrons. The lowest BCUT2D eigenvalue weighted by molar-refractivity contribution is 0.410. The molecule has 0 saturated carbocycles. The zero-order valence-electron chi connectivity index (χ0n) is 11.6. The summed E-state index contributed by atoms with van der Waals surface area (Å²) < 4.78 is 5.35. The lowest BCUT2D eigenvalue weighted by Gasteiger charge is -2.20.